The minimum atomic E-state index is -0.0538. The number of hydrogen-bond acceptors (Lipinski definition) is 5. The number of rotatable bonds is 8. The number of carbonyl (C=O) groups is 1. The van der Waals surface area contributed by atoms with E-state index in [2.05, 4.69) is 69.4 Å². The number of aromatic nitrogens is 3. The van der Waals surface area contributed by atoms with Gasteiger partial charge in [-0.2, -0.15) is 5.10 Å². The molecule has 3 aromatic rings. The average Bonchev–Trinajstić information content (AvgIpc) is 3.21. The number of fused-ring (bicyclic) bond motifs is 1. The molecule has 1 aromatic carbocycles. The summed E-state index contributed by atoms with van der Waals surface area (Å²) in [5.74, 6) is -0.0538. The fourth-order valence-electron chi connectivity index (χ4n) is 4.29. The SMILES string of the molecule is Cc1nc2c(cnn2C(C)C)cc1C(=O)NCCCN1CCN(Cc2ccccc2)CC1. The van der Waals surface area contributed by atoms with Gasteiger partial charge in [0.25, 0.3) is 5.91 Å². The fraction of sp³-hybridized carbons (Fsp3) is 0.480. The minimum Gasteiger partial charge on any atom is -0.352 e. The van der Waals surface area contributed by atoms with Gasteiger partial charge in [0.2, 0.25) is 0 Å². The maximum Gasteiger partial charge on any atom is 0.253 e. The molecule has 32 heavy (non-hydrogen) atoms. The molecule has 1 fully saturated rings. The first-order chi connectivity index (χ1) is 15.5. The molecule has 1 saturated heterocycles. The summed E-state index contributed by atoms with van der Waals surface area (Å²) >= 11 is 0. The molecule has 7 nitrogen and oxygen atoms in total. The van der Waals surface area contributed by atoms with Crippen LogP contribution in [0.5, 0.6) is 0 Å². The molecule has 4 rings (SSSR count). The zero-order valence-corrected chi connectivity index (χ0v) is 19.4. The van der Waals surface area contributed by atoms with Crippen LogP contribution in [0.1, 0.15) is 47.9 Å². The summed E-state index contributed by atoms with van der Waals surface area (Å²) in [7, 11) is 0. The molecule has 0 bridgehead atoms. The average molecular weight is 435 g/mol. The minimum absolute atomic E-state index is 0.0538. The maximum absolute atomic E-state index is 12.7. The third-order valence-corrected chi connectivity index (χ3v) is 6.14. The molecule has 1 aliphatic heterocycles. The van der Waals surface area contributed by atoms with E-state index in [0.717, 1.165) is 62.4 Å². The molecule has 0 aliphatic carbocycles. The van der Waals surface area contributed by atoms with E-state index in [-0.39, 0.29) is 11.9 Å². The zero-order chi connectivity index (χ0) is 22.5. The second-order valence-electron chi connectivity index (χ2n) is 8.93. The van der Waals surface area contributed by atoms with Crippen molar-refractivity contribution < 1.29 is 4.79 Å². The van der Waals surface area contributed by atoms with Crippen LogP contribution in [0.25, 0.3) is 11.0 Å². The highest BCUT2D eigenvalue weighted by Gasteiger charge is 2.17. The summed E-state index contributed by atoms with van der Waals surface area (Å²) in [5, 5.41) is 8.38. The second-order valence-corrected chi connectivity index (χ2v) is 8.93. The van der Waals surface area contributed by atoms with Gasteiger partial charge in [-0.3, -0.25) is 9.69 Å². The van der Waals surface area contributed by atoms with E-state index in [9.17, 15) is 4.79 Å². The van der Waals surface area contributed by atoms with Crippen LogP contribution < -0.4 is 5.32 Å². The van der Waals surface area contributed by atoms with Gasteiger partial charge in [0, 0.05) is 50.7 Å². The number of carbonyl (C=O) groups excluding carboxylic acids is 1. The van der Waals surface area contributed by atoms with Crippen molar-refractivity contribution in [2.24, 2.45) is 0 Å². The normalized spacial score (nSPS) is 15.5. The van der Waals surface area contributed by atoms with Crippen LogP contribution in [0.15, 0.2) is 42.6 Å². The van der Waals surface area contributed by atoms with Crippen molar-refractivity contribution >= 4 is 16.9 Å². The molecule has 170 valence electrons. The third kappa shape index (κ3) is 5.34. The monoisotopic (exact) mass is 434 g/mol. The van der Waals surface area contributed by atoms with E-state index in [1.807, 2.05) is 17.7 Å². The van der Waals surface area contributed by atoms with Gasteiger partial charge in [-0.15, -0.1) is 0 Å². The Hall–Kier alpha value is -2.77. The Kier molecular flexibility index (Phi) is 7.17. The molecule has 0 saturated carbocycles. The van der Waals surface area contributed by atoms with Crippen LogP contribution >= 0.6 is 0 Å². The molecule has 0 radical (unpaired) electrons. The standard InChI is InChI=1S/C25H34N6O/c1-19(2)31-24-22(17-27-31)16-23(20(3)28-24)25(32)26-10-7-11-29-12-14-30(15-13-29)18-21-8-5-4-6-9-21/h4-6,8-9,16-17,19H,7,10-15,18H2,1-3H3,(H,26,32). The highest BCUT2D eigenvalue weighted by atomic mass is 16.1. The van der Waals surface area contributed by atoms with Gasteiger partial charge in [0.15, 0.2) is 5.65 Å². The number of aryl methyl sites for hydroxylation is 1. The summed E-state index contributed by atoms with van der Waals surface area (Å²) in [6.07, 6.45) is 2.74. The van der Waals surface area contributed by atoms with Crippen LogP contribution in [-0.4, -0.2) is 69.7 Å². The Morgan fingerprint density at radius 2 is 1.81 bits per heavy atom. The lowest BCUT2D eigenvalue weighted by atomic mass is 10.1. The van der Waals surface area contributed by atoms with Crippen LogP contribution in [-0.2, 0) is 6.54 Å². The Labute approximate surface area is 190 Å². The van der Waals surface area contributed by atoms with Crippen LogP contribution in [0.2, 0.25) is 0 Å². The van der Waals surface area contributed by atoms with Gasteiger partial charge < -0.3 is 10.2 Å². The van der Waals surface area contributed by atoms with Crippen molar-refractivity contribution in [2.75, 3.05) is 39.3 Å². The summed E-state index contributed by atoms with van der Waals surface area (Å²) in [6, 6.07) is 12.8. The molecular weight excluding hydrogens is 400 g/mol. The fourth-order valence-corrected chi connectivity index (χ4v) is 4.29. The first kappa shape index (κ1) is 22.4. The van der Waals surface area contributed by atoms with E-state index in [1.165, 1.54) is 5.56 Å². The molecule has 1 N–H and O–H groups in total. The highest BCUT2D eigenvalue weighted by Crippen LogP contribution is 2.19. The lowest BCUT2D eigenvalue weighted by molar-refractivity contribution is 0.0946. The summed E-state index contributed by atoms with van der Waals surface area (Å²) < 4.78 is 1.89. The van der Waals surface area contributed by atoms with E-state index in [0.29, 0.717) is 12.1 Å². The number of nitrogens with one attached hydrogen (secondary N) is 1. The third-order valence-electron chi connectivity index (χ3n) is 6.14. The molecule has 0 unspecified atom stereocenters. The molecule has 2 aromatic heterocycles. The van der Waals surface area contributed by atoms with Crippen molar-refractivity contribution in [1.29, 1.82) is 0 Å². The number of piperazine rings is 1. The molecule has 1 amide bonds. The van der Waals surface area contributed by atoms with Crippen molar-refractivity contribution in [3.63, 3.8) is 0 Å². The van der Waals surface area contributed by atoms with Gasteiger partial charge >= 0.3 is 0 Å². The van der Waals surface area contributed by atoms with Crippen LogP contribution in [0.4, 0.5) is 0 Å². The first-order valence-electron chi connectivity index (χ1n) is 11.6. The topological polar surface area (TPSA) is 66.3 Å². The Bertz CT molecular complexity index is 1040. The van der Waals surface area contributed by atoms with Gasteiger partial charge in [0.05, 0.1) is 17.5 Å². The van der Waals surface area contributed by atoms with E-state index in [1.54, 1.807) is 6.20 Å². The Morgan fingerprint density at radius 3 is 2.53 bits per heavy atom. The number of pyridine rings is 1. The van der Waals surface area contributed by atoms with Crippen molar-refractivity contribution in [1.82, 2.24) is 29.9 Å². The number of nitrogens with zero attached hydrogens (tertiary/aromatic N) is 5. The number of amides is 1. The molecule has 0 atom stereocenters. The Morgan fingerprint density at radius 1 is 1.09 bits per heavy atom. The smallest absolute Gasteiger partial charge is 0.253 e. The Balaban J connectivity index is 1.21. The van der Waals surface area contributed by atoms with E-state index >= 15 is 0 Å². The van der Waals surface area contributed by atoms with Gasteiger partial charge in [-0.05, 0) is 45.4 Å². The molecule has 3 heterocycles. The first-order valence-corrected chi connectivity index (χ1v) is 11.6. The van der Waals surface area contributed by atoms with Gasteiger partial charge in [0.1, 0.15) is 0 Å². The van der Waals surface area contributed by atoms with E-state index < -0.39 is 0 Å². The molecule has 7 heteroatoms. The van der Waals surface area contributed by atoms with Crippen molar-refractivity contribution in [3.05, 3.63) is 59.4 Å². The quantitative estimate of drug-likeness (QED) is 0.551. The summed E-state index contributed by atoms with van der Waals surface area (Å²) in [5.41, 5.74) is 3.59. The predicted molar refractivity (Wildman–Crippen MR) is 128 cm³/mol. The molecular formula is C25H34N6O. The van der Waals surface area contributed by atoms with E-state index in [4.69, 9.17) is 0 Å². The zero-order valence-electron chi connectivity index (χ0n) is 19.4. The number of hydrogen-bond donors (Lipinski definition) is 1. The van der Waals surface area contributed by atoms with Crippen molar-refractivity contribution in [2.45, 2.75) is 39.8 Å². The summed E-state index contributed by atoms with van der Waals surface area (Å²) in [6.45, 7) is 13.1. The molecule has 1 aliphatic rings. The van der Waals surface area contributed by atoms with Crippen LogP contribution in [0, 0.1) is 6.92 Å². The largest absolute Gasteiger partial charge is 0.352 e. The predicted octanol–water partition coefficient (Wildman–Crippen LogP) is 3.26. The van der Waals surface area contributed by atoms with Crippen molar-refractivity contribution in [3.8, 4) is 0 Å². The summed E-state index contributed by atoms with van der Waals surface area (Å²) in [4.78, 5) is 22.4. The van der Waals surface area contributed by atoms with Crippen LogP contribution in [0.3, 0.4) is 0 Å². The second kappa shape index (κ2) is 10.2. The lowest BCUT2D eigenvalue weighted by Gasteiger charge is -2.34. The highest BCUT2D eigenvalue weighted by molar-refractivity contribution is 5.98. The molecule has 0 spiro atoms. The van der Waals surface area contributed by atoms with Gasteiger partial charge in [-0.1, -0.05) is 30.3 Å². The van der Waals surface area contributed by atoms with Gasteiger partial charge in [-0.25, -0.2) is 9.67 Å². The lowest BCUT2D eigenvalue weighted by Crippen LogP contribution is -2.46. The maximum atomic E-state index is 12.7. The number of benzene rings is 1.